The van der Waals surface area contributed by atoms with E-state index < -0.39 is 5.41 Å². The number of hydrogen-bond acceptors (Lipinski definition) is 4. The van der Waals surface area contributed by atoms with Crippen molar-refractivity contribution in [2.24, 2.45) is 0 Å². The van der Waals surface area contributed by atoms with Gasteiger partial charge in [0.15, 0.2) is 0 Å². The van der Waals surface area contributed by atoms with Gasteiger partial charge in [0.1, 0.15) is 5.75 Å². The fraction of sp³-hybridized carbons (Fsp3) is 0.273. The monoisotopic (exact) mass is 495 g/mol. The first-order valence-electron chi connectivity index (χ1n) is 12.7. The normalized spacial score (nSPS) is 11.6. The van der Waals surface area contributed by atoms with Crippen LogP contribution in [0.25, 0.3) is 0 Å². The third-order valence-electron chi connectivity index (χ3n) is 7.67. The number of aliphatic hydroxyl groups excluding tert-OH is 2. The zero-order valence-electron chi connectivity index (χ0n) is 22.6. The number of phenols is 1. The SMILES string of the molecule is Cc1ccc(N(c2ccc(C(C)(C)c3cc(CO)c(O)c(CO)c3)cc2)c2ccc(C)c(C)c2)cc1C. The van der Waals surface area contributed by atoms with Crippen LogP contribution in [0.2, 0.25) is 0 Å². The fourth-order valence-corrected chi connectivity index (χ4v) is 4.73. The molecule has 0 heterocycles. The van der Waals surface area contributed by atoms with Gasteiger partial charge >= 0.3 is 0 Å². The molecule has 4 rings (SSSR count). The number of hydrogen-bond donors (Lipinski definition) is 3. The Morgan fingerprint density at radius 2 is 1.00 bits per heavy atom. The van der Waals surface area contributed by atoms with E-state index in [-0.39, 0.29) is 19.0 Å². The van der Waals surface area contributed by atoms with Crippen LogP contribution in [-0.4, -0.2) is 15.3 Å². The first-order valence-corrected chi connectivity index (χ1v) is 12.7. The second kappa shape index (κ2) is 10.4. The van der Waals surface area contributed by atoms with Gasteiger partial charge in [-0.1, -0.05) is 38.1 Å². The van der Waals surface area contributed by atoms with E-state index in [4.69, 9.17) is 0 Å². The summed E-state index contributed by atoms with van der Waals surface area (Å²) in [4.78, 5) is 2.28. The molecule has 0 aliphatic heterocycles. The molecule has 0 atom stereocenters. The van der Waals surface area contributed by atoms with Gasteiger partial charge in [-0.05, 0) is 110 Å². The maximum atomic E-state index is 10.3. The minimum atomic E-state index is -0.411. The number of nitrogens with zero attached hydrogens (tertiary/aromatic N) is 1. The molecular weight excluding hydrogens is 458 g/mol. The summed E-state index contributed by atoms with van der Waals surface area (Å²) in [6.07, 6.45) is 0. The van der Waals surface area contributed by atoms with Gasteiger partial charge in [-0.3, -0.25) is 0 Å². The van der Waals surface area contributed by atoms with Gasteiger partial charge in [-0.15, -0.1) is 0 Å². The number of aromatic hydroxyl groups is 1. The van der Waals surface area contributed by atoms with Crippen LogP contribution in [0, 0.1) is 27.7 Å². The molecule has 0 bridgehead atoms. The highest BCUT2D eigenvalue weighted by atomic mass is 16.3. The van der Waals surface area contributed by atoms with Crippen LogP contribution in [0.15, 0.2) is 72.8 Å². The van der Waals surface area contributed by atoms with E-state index in [1.165, 1.54) is 22.3 Å². The lowest BCUT2D eigenvalue weighted by molar-refractivity contribution is 0.263. The number of anilines is 3. The van der Waals surface area contributed by atoms with Gasteiger partial charge < -0.3 is 20.2 Å². The van der Waals surface area contributed by atoms with E-state index in [0.717, 1.165) is 28.2 Å². The predicted molar refractivity (Wildman–Crippen MR) is 152 cm³/mol. The second-order valence-corrected chi connectivity index (χ2v) is 10.5. The molecule has 0 aliphatic carbocycles. The van der Waals surface area contributed by atoms with Crippen molar-refractivity contribution in [3.8, 4) is 5.75 Å². The summed E-state index contributed by atoms with van der Waals surface area (Å²) in [5.74, 6) is -0.0441. The van der Waals surface area contributed by atoms with Crippen molar-refractivity contribution in [2.75, 3.05) is 4.90 Å². The molecule has 0 spiro atoms. The lowest BCUT2D eigenvalue weighted by Crippen LogP contribution is -2.20. The lowest BCUT2D eigenvalue weighted by atomic mass is 9.77. The van der Waals surface area contributed by atoms with Crippen LogP contribution < -0.4 is 4.90 Å². The van der Waals surface area contributed by atoms with Crippen molar-refractivity contribution in [1.29, 1.82) is 0 Å². The van der Waals surface area contributed by atoms with Gasteiger partial charge in [-0.25, -0.2) is 0 Å². The van der Waals surface area contributed by atoms with Gasteiger partial charge in [0, 0.05) is 33.6 Å². The predicted octanol–water partition coefficient (Wildman–Crippen LogP) is 7.41. The highest BCUT2D eigenvalue weighted by Gasteiger charge is 2.26. The highest BCUT2D eigenvalue weighted by molar-refractivity contribution is 5.77. The lowest BCUT2D eigenvalue weighted by Gasteiger charge is -2.30. The smallest absolute Gasteiger partial charge is 0.126 e. The molecular formula is C33H37NO3. The molecule has 0 saturated heterocycles. The minimum absolute atomic E-state index is 0.0441. The maximum absolute atomic E-state index is 10.3. The Morgan fingerprint density at radius 3 is 1.41 bits per heavy atom. The largest absolute Gasteiger partial charge is 0.507 e. The van der Waals surface area contributed by atoms with Crippen molar-refractivity contribution in [3.05, 3.63) is 117 Å². The second-order valence-electron chi connectivity index (χ2n) is 10.5. The number of aliphatic hydroxyl groups is 2. The van der Waals surface area contributed by atoms with E-state index in [2.05, 4.69) is 107 Å². The Kier molecular flexibility index (Phi) is 7.44. The van der Waals surface area contributed by atoms with Gasteiger partial charge in [0.05, 0.1) is 13.2 Å². The van der Waals surface area contributed by atoms with Crippen molar-refractivity contribution < 1.29 is 15.3 Å². The first-order chi connectivity index (χ1) is 17.6. The number of benzene rings is 4. The average Bonchev–Trinajstić information content (AvgIpc) is 2.88. The van der Waals surface area contributed by atoms with Crippen LogP contribution in [0.4, 0.5) is 17.1 Å². The average molecular weight is 496 g/mol. The van der Waals surface area contributed by atoms with Crippen LogP contribution in [-0.2, 0) is 18.6 Å². The minimum Gasteiger partial charge on any atom is -0.507 e. The summed E-state index contributed by atoms with van der Waals surface area (Å²) >= 11 is 0. The van der Waals surface area contributed by atoms with Crippen molar-refractivity contribution in [3.63, 3.8) is 0 Å². The van der Waals surface area contributed by atoms with Gasteiger partial charge in [0.2, 0.25) is 0 Å². The molecule has 0 aliphatic rings. The van der Waals surface area contributed by atoms with Crippen LogP contribution >= 0.6 is 0 Å². The topological polar surface area (TPSA) is 63.9 Å². The Labute approximate surface area is 220 Å². The Morgan fingerprint density at radius 1 is 0.568 bits per heavy atom. The van der Waals surface area contributed by atoms with Crippen LogP contribution in [0.3, 0.4) is 0 Å². The summed E-state index contributed by atoms with van der Waals surface area (Å²) < 4.78 is 0. The van der Waals surface area contributed by atoms with E-state index in [9.17, 15) is 15.3 Å². The molecule has 4 heteroatoms. The quantitative estimate of drug-likeness (QED) is 0.250. The van der Waals surface area contributed by atoms with Crippen LogP contribution in [0.1, 0.15) is 58.4 Å². The maximum Gasteiger partial charge on any atom is 0.126 e. The molecule has 0 saturated carbocycles. The van der Waals surface area contributed by atoms with Crippen LogP contribution in [0.5, 0.6) is 5.75 Å². The Balaban J connectivity index is 1.79. The van der Waals surface area contributed by atoms with Gasteiger partial charge in [0.25, 0.3) is 0 Å². The summed E-state index contributed by atoms with van der Waals surface area (Å²) in [7, 11) is 0. The Bertz CT molecular complexity index is 1340. The molecule has 0 fully saturated rings. The molecule has 3 N–H and O–H groups in total. The zero-order chi connectivity index (χ0) is 26.9. The number of rotatable bonds is 7. The van der Waals surface area contributed by atoms with Gasteiger partial charge in [-0.2, -0.15) is 0 Å². The number of aryl methyl sites for hydroxylation is 4. The molecule has 0 amide bonds. The molecule has 192 valence electrons. The van der Waals surface area contributed by atoms with E-state index in [1.807, 2.05) is 12.1 Å². The molecule has 0 unspecified atom stereocenters. The summed E-state index contributed by atoms with van der Waals surface area (Å²) in [6, 6.07) is 25.3. The molecule has 0 radical (unpaired) electrons. The molecule has 4 nitrogen and oxygen atoms in total. The van der Waals surface area contributed by atoms with Crippen molar-refractivity contribution in [1.82, 2.24) is 0 Å². The van der Waals surface area contributed by atoms with E-state index in [0.29, 0.717) is 11.1 Å². The summed E-state index contributed by atoms with van der Waals surface area (Å²) in [6.45, 7) is 12.2. The van der Waals surface area contributed by atoms with Crippen molar-refractivity contribution >= 4 is 17.1 Å². The summed E-state index contributed by atoms with van der Waals surface area (Å²) in [5, 5.41) is 29.8. The molecule has 4 aromatic carbocycles. The molecule has 0 aromatic heterocycles. The fourth-order valence-electron chi connectivity index (χ4n) is 4.73. The third kappa shape index (κ3) is 5.13. The Hall–Kier alpha value is -3.60. The molecule has 37 heavy (non-hydrogen) atoms. The van der Waals surface area contributed by atoms with E-state index in [1.54, 1.807) is 0 Å². The third-order valence-corrected chi connectivity index (χ3v) is 7.67. The van der Waals surface area contributed by atoms with E-state index >= 15 is 0 Å². The first kappa shape index (κ1) is 26.5. The standard InChI is InChI=1S/C33H37NO3/c1-21-7-11-30(15-23(21)3)34(31-12-8-22(2)24(4)16-31)29-13-9-27(10-14-29)33(5,6)28-17-25(19-35)32(37)26(18-28)20-36/h7-18,35-37H,19-20H2,1-6H3. The van der Waals surface area contributed by atoms with Crippen molar-refractivity contribution in [2.45, 2.75) is 60.2 Å². The molecule has 4 aromatic rings. The zero-order valence-corrected chi connectivity index (χ0v) is 22.6. The summed E-state index contributed by atoms with van der Waals surface area (Å²) in [5.41, 5.74) is 10.7. The highest BCUT2D eigenvalue weighted by Crippen LogP contribution is 2.40.